The zero-order valence-corrected chi connectivity index (χ0v) is 12.5. The molecule has 3 heterocycles. The zero-order chi connectivity index (χ0) is 16.2. The number of imidazole rings is 1. The number of aromatic nitrogens is 3. The van der Waals surface area contributed by atoms with Crippen LogP contribution in [0.4, 0.5) is 0 Å². The fraction of sp³-hybridized carbons (Fsp3) is 0.400. The molecule has 2 aromatic heterocycles. The van der Waals surface area contributed by atoms with E-state index in [1.54, 1.807) is 6.20 Å². The number of aliphatic hydroxyl groups excluding tert-OH is 1. The van der Waals surface area contributed by atoms with Gasteiger partial charge in [-0.25, -0.2) is 4.79 Å². The van der Waals surface area contributed by atoms with Gasteiger partial charge < -0.3 is 20.4 Å². The van der Waals surface area contributed by atoms with Crippen LogP contribution < -0.4 is 11.0 Å². The van der Waals surface area contributed by atoms with Crippen LogP contribution in [0.3, 0.4) is 0 Å². The van der Waals surface area contributed by atoms with Gasteiger partial charge in [0, 0.05) is 32.0 Å². The fourth-order valence-electron chi connectivity index (χ4n) is 2.73. The summed E-state index contributed by atoms with van der Waals surface area (Å²) in [6.45, 7) is 1.89. The van der Waals surface area contributed by atoms with Crippen LogP contribution in [0.5, 0.6) is 0 Å². The number of likely N-dealkylation sites (tertiary alicyclic amines) is 1. The number of pyridine rings is 1. The van der Waals surface area contributed by atoms with Crippen LogP contribution in [0.15, 0.2) is 35.4 Å². The van der Waals surface area contributed by atoms with Gasteiger partial charge in [0.2, 0.25) is 0 Å². The van der Waals surface area contributed by atoms with Crippen molar-refractivity contribution in [3.63, 3.8) is 0 Å². The summed E-state index contributed by atoms with van der Waals surface area (Å²) in [6, 6.07) is 5.41. The summed E-state index contributed by atoms with van der Waals surface area (Å²) in [6.07, 6.45) is 3.03. The smallest absolute Gasteiger partial charge is 0.323 e. The third kappa shape index (κ3) is 3.85. The van der Waals surface area contributed by atoms with Crippen molar-refractivity contribution in [3.8, 4) is 0 Å². The molecule has 1 saturated heterocycles. The van der Waals surface area contributed by atoms with Gasteiger partial charge in [0.05, 0.1) is 17.8 Å². The number of rotatable bonds is 4. The normalized spacial score (nSPS) is 22.0. The predicted octanol–water partition coefficient (Wildman–Crippen LogP) is -0.537. The number of β-amino-alcohol motifs (C(OH)–C–C–N with tert-alkyl or cyclic N) is 1. The average molecular weight is 317 g/mol. The van der Waals surface area contributed by atoms with Crippen LogP contribution >= 0.6 is 0 Å². The Kier molecular flexibility index (Phi) is 4.54. The van der Waals surface area contributed by atoms with Gasteiger partial charge in [0.25, 0.3) is 5.91 Å². The van der Waals surface area contributed by atoms with Gasteiger partial charge >= 0.3 is 5.69 Å². The summed E-state index contributed by atoms with van der Waals surface area (Å²) in [5, 5.41) is 13.0. The highest BCUT2D eigenvalue weighted by atomic mass is 16.3. The predicted molar refractivity (Wildman–Crippen MR) is 82.8 cm³/mol. The average Bonchev–Trinajstić information content (AvgIpc) is 2.98. The van der Waals surface area contributed by atoms with Crippen molar-refractivity contribution in [2.75, 3.05) is 13.1 Å². The number of piperidine rings is 1. The van der Waals surface area contributed by atoms with Crippen LogP contribution in [0.2, 0.25) is 0 Å². The molecule has 1 amide bonds. The van der Waals surface area contributed by atoms with Crippen molar-refractivity contribution in [2.24, 2.45) is 0 Å². The molecule has 0 unspecified atom stereocenters. The number of aliphatic hydroxyl groups is 1. The van der Waals surface area contributed by atoms with Crippen LogP contribution in [0, 0.1) is 0 Å². The van der Waals surface area contributed by atoms with E-state index in [0.29, 0.717) is 19.5 Å². The van der Waals surface area contributed by atoms with Crippen molar-refractivity contribution in [3.05, 3.63) is 52.5 Å². The third-order valence-corrected chi connectivity index (χ3v) is 3.93. The SMILES string of the molecule is O=C(N[C@@H]1CCN(Cc2ccccn2)C[C@H]1O)c1c[nH]c(=O)[nH]1. The highest BCUT2D eigenvalue weighted by molar-refractivity contribution is 5.92. The summed E-state index contributed by atoms with van der Waals surface area (Å²) >= 11 is 0. The number of nitrogens with zero attached hydrogens (tertiary/aromatic N) is 2. The molecule has 0 spiro atoms. The molecule has 3 rings (SSSR count). The summed E-state index contributed by atoms with van der Waals surface area (Å²) < 4.78 is 0. The summed E-state index contributed by atoms with van der Waals surface area (Å²) in [7, 11) is 0. The number of aromatic amines is 2. The first-order chi connectivity index (χ1) is 11.1. The van der Waals surface area contributed by atoms with E-state index in [4.69, 9.17) is 0 Å². The molecule has 2 atom stereocenters. The third-order valence-electron chi connectivity index (χ3n) is 3.93. The topological polar surface area (TPSA) is 114 Å². The molecule has 0 radical (unpaired) electrons. The Morgan fingerprint density at radius 3 is 3.00 bits per heavy atom. The Bertz CT molecular complexity index is 711. The van der Waals surface area contributed by atoms with Gasteiger partial charge in [0.15, 0.2) is 0 Å². The quantitative estimate of drug-likeness (QED) is 0.605. The Morgan fingerprint density at radius 1 is 1.48 bits per heavy atom. The van der Waals surface area contributed by atoms with E-state index in [0.717, 1.165) is 12.2 Å². The van der Waals surface area contributed by atoms with E-state index in [1.807, 2.05) is 18.2 Å². The van der Waals surface area contributed by atoms with Crippen LogP contribution in [-0.2, 0) is 6.54 Å². The van der Waals surface area contributed by atoms with Crippen LogP contribution in [0.25, 0.3) is 0 Å². The molecule has 0 bridgehead atoms. The number of hydrogen-bond acceptors (Lipinski definition) is 5. The minimum absolute atomic E-state index is 0.165. The number of H-pyrrole nitrogens is 2. The van der Waals surface area contributed by atoms with E-state index in [-0.39, 0.29) is 11.7 Å². The van der Waals surface area contributed by atoms with Crippen molar-refractivity contribution in [1.82, 2.24) is 25.2 Å². The Hall–Kier alpha value is -2.45. The molecule has 4 N–H and O–H groups in total. The van der Waals surface area contributed by atoms with E-state index < -0.39 is 17.7 Å². The maximum Gasteiger partial charge on any atom is 0.323 e. The molecule has 8 heteroatoms. The standard InChI is InChI=1S/C15H19N5O3/c21-13-9-20(8-10-3-1-2-5-16-10)6-4-11(13)18-14(22)12-7-17-15(23)19-12/h1-3,5,7,11,13,21H,4,6,8-9H2,(H,18,22)(H2,17,19,23)/t11-,13-/m1/s1. The first-order valence-electron chi connectivity index (χ1n) is 7.51. The maximum absolute atomic E-state index is 12.0. The van der Waals surface area contributed by atoms with Crippen molar-refractivity contribution < 1.29 is 9.90 Å². The second-order valence-electron chi connectivity index (χ2n) is 5.65. The summed E-state index contributed by atoms with van der Waals surface area (Å²) in [5.41, 5.74) is 0.686. The van der Waals surface area contributed by atoms with Gasteiger partial charge in [-0.1, -0.05) is 6.07 Å². The van der Waals surface area contributed by atoms with E-state index in [9.17, 15) is 14.7 Å². The Morgan fingerprint density at radius 2 is 2.35 bits per heavy atom. The number of hydrogen-bond donors (Lipinski definition) is 4. The summed E-state index contributed by atoms with van der Waals surface area (Å²) in [4.78, 5) is 34.2. The largest absolute Gasteiger partial charge is 0.390 e. The van der Waals surface area contributed by atoms with Crippen molar-refractivity contribution in [2.45, 2.75) is 25.1 Å². The van der Waals surface area contributed by atoms with Crippen molar-refractivity contribution >= 4 is 5.91 Å². The van der Waals surface area contributed by atoms with E-state index in [2.05, 4.69) is 25.2 Å². The molecule has 0 aliphatic carbocycles. The molecule has 0 saturated carbocycles. The highest BCUT2D eigenvalue weighted by Crippen LogP contribution is 2.14. The van der Waals surface area contributed by atoms with Gasteiger partial charge in [-0.2, -0.15) is 0 Å². The molecule has 1 aliphatic rings. The van der Waals surface area contributed by atoms with Crippen LogP contribution in [-0.4, -0.2) is 56.1 Å². The molecule has 1 aliphatic heterocycles. The highest BCUT2D eigenvalue weighted by Gasteiger charge is 2.29. The number of amides is 1. The summed E-state index contributed by atoms with van der Waals surface area (Å²) in [5.74, 6) is -0.398. The van der Waals surface area contributed by atoms with Crippen LogP contribution in [0.1, 0.15) is 22.6 Å². The van der Waals surface area contributed by atoms with E-state index in [1.165, 1.54) is 6.20 Å². The monoisotopic (exact) mass is 317 g/mol. The maximum atomic E-state index is 12.0. The lowest BCUT2D eigenvalue weighted by Gasteiger charge is -2.36. The van der Waals surface area contributed by atoms with Gasteiger partial charge in [-0.15, -0.1) is 0 Å². The Balaban J connectivity index is 1.54. The number of nitrogens with one attached hydrogen (secondary N) is 3. The first-order valence-corrected chi connectivity index (χ1v) is 7.51. The lowest BCUT2D eigenvalue weighted by Crippen LogP contribution is -2.53. The molecular weight excluding hydrogens is 298 g/mol. The first kappa shape index (κ1) is 15.4. The molecular formula is C15H19N5O3. The van der Waals surface area contributed by atoms with Gasteiger partial charge in [-0.05, 0) is 18.6 Å². The van der Waals surface area contributed by atoms with Gasteiger partial charge in [-0.3, -0.25) is 14.7 Å². The molecule has 8 nitrogen and oxygen atoms in total. The minimum Gasteiger partial charge on any atom is -0.390 e. The molecule has 2 aromatic rings. The lowest BCUT2D eigenvalue weighted by atomic mass is 10.0. The number of carbonyl (C=O) groups is 1. The molecule has 1 fully saturated rings. The number of carbonyl (C=O) groups excluding carboxylic acids is 1. The molecule has 23 heavy (non-hydrogen) atoms. The van der Waals surface area contributed by atoms with Gasteiger partial charge in [0.1, 0.15) is 5.69 Å². The fourth-order valence-corrected chi connectivity index (χ4v) is 2.73. The lowest BCUT2D eigenvalue weighted by molar-refractivity contribution is 0.0344. The molecule has 122 valence electrons. The second-order valence-corrected chi connectivity index (χ2v) is 5.65. The minimum atomic E-state index is -0.665. The zero-order valence-electron chi connectivity index (χ0n) is 12.5. The van der Waals surface area contributed by atoms with Crippen molar-refractivity contribution in [1.29, 1.82) is 0 Å². The van der Waals surface area contributed by atoms with E-state index >= 15 is 0 Å². The Labute approximate surface area is 132 Å². The second kappa shape index (κ2) is 6.76. The molecule has 0 aromatic carbocycles.